The Morgan fingerprint density at radius 2 is 2.11 bits per heavy atom. The number of thioether (sulfide) groups is 1. The Balaban J connectivity index is 1.97. The van der Waals surface area contributed by atoms with Crippen molar-refractivity contribution in [1.82, 2.24) is 0 Å². The van der Waals surface area contributed by atoms with E-state index in [0.29, 0.717) is 10.7 Å². The molecule has 2 nitrogen and oxygen atoms in total. The molecule has 1 aliphatic heterocycles. The van der Waals surface area contributed by atoms with Gasteiger partial charge in [0, 0.05) is 10.9 Å². The maximum atomic E-state index is 5.96. The molecular weight excluding hydrogens is 272 g/mol. The van der Waals surface area contributed by atoms with Crippen molar-refractivity contribution in [3.63, 3.8) is 0 Å². The molecule has 0 aromatic heterocycles. The lowest BCUT2D eigenvalue weighted by atomic mass is 9.93. The largest absolute Gasteiger partial charge is 0.345 e. The molecule has 19 heavy (non-hydrogen) atoms. The first-order valence-electron chi connectivity index (χ1n) is 7.27. The first kappa shape index (κ1) is 13.7. The number of benzene rings is 1. The molecule has 4 heteroatoms. The Kier molecular flexibility index (Phi) is 4.30. The normalized spacial score (nSPS) is 23.7. The van der Waals surface area contributed by atoms with Crippen LogP contribution in [0, 0.1) is 0 Å². The predicted octanol–water partition coefficient (Wildman–Crippen LogP) is 4.38. The lowest BCUT2D eigenvalue weighted by Crippen LogP contribution is -2.40. The number of fused-ring (bicyclic) bond motifs is 1. The van der Waals surface area contributed by atoms with Crippen LogP contribution in [0.25, 0.3) is 0 Å². The Labute approximate surface area is 124 Å². The number of anilines is 1. The van der Waals surface area contributed by atoms with Crippen molar-refractivity contribution >= 4 is 29.4 Å². The van der Waals surface area contributed by atoms with Gasteiger partial charge in [-0.05, 0) is 42.8 Å². The van der Waals surface area contributed by atoms with E-state index in [0.717, 1.165) is 6.42 Å². The van der Waals surface area contributed by atoms with Gasteiger partial charge in [0.25, 0.3) is 0 Å². The fourth-order valence-corrected chi connectivity index (χ4v) is 5.37. The van der Waals surface area contributed by atoms with Crippen LogP contribution in [0.5, 0.6) is 0 Å². The summed E-state index contributed by atoms with van der Waals surface area (Å²) in [7, 11) is 0. The van der Waals surface area contributed by atoms with E-state index in [-0.39, 0.29) is 0 Å². The number of nitrogens with two attached hydrogens (primary N) is 1. The summed E-state index contributed by atoms with van der Waals surface area (Å²) in [5.74, 6) is 0. The minimum absolute atomic E-state index is 0.366. The second-order valence-electron chi connectivity index (χ2n) is 5.38. The van der Waals surface area contributed by atoms with Crippen LogP contribution in [-0.2, 0) is 6.42 Å². The zero-order valence-corrected chi connectivity index (χ0v) is 13.1. The average Bonchev–Trinajstić information content (AvgIpc) is 2.86. The summed E-state index contributed by atoms with van der Waals surface area (Å²) < 4.78 is 0.366. The number of hydrogen-bond acceptors (Lipinski definition) is 4. The summed E-state index contributed by atoms with van der Waals surface area (Å²) in [6.07, 6.45) is 7.91. The highest BCUT2D eigenvalue weighted by molar-refractivity contribution is 8.16. The van der Waals surface area contributed by atoms with Crippen LogP contribution in [0.4, 0.5) is 5.69 Å². The van der Waals surface area contributed by atoms with Gasteiger partial charge in [-0.3, -0.25) is 5.14 Å². The molecule has 1 fully saturated rings. The number of hydrogen-bond donors (Lipinski definition) is 1. The Morgan fingerprint density at radius 1 is 1.32 bits per heavy atom. The summed E-state index contributed by atoms with van der Waals surface area (Å²) in [4.78, 5) is 4.05. The van der Waals surface area contributed by atoms with Crippen molar-refractivity contribution in [2.24, 2.45) is 5.14 Å². The lowest BCUT2D eigenvalue weighted by Gasteiger charge is -2.37. The maximum Gasteiger partial charge on any atom is 0.141 e. The van der Waals surface area contributed by atoms with Crippen LogP contribution >= 0.6 is 23.7 Å². The molecule has 0 amide bonds. The second-order valence-corrected chi connectivity index (χ2v) is 7.52. The Hall–Kier alpha value is -0.320. The van der Waals surface area contributed by atoms with Crippen LogP contribution in [0.2, 0.25) is 0 Å². The third-order valence-electron chi connectivity index (χ3n) is 4.26. The molecule has 2 N–H and O–H groups in total. The van der Waals surface area contributed by atoms with Gasteiger partial charge in [0.05, 0.1) is 5.69 Å². The van der Waals surface area contributed by atoms with E-state index in [2.05, 4.69) is 30.0 Å². The smallest absolute Gasteiger partial charge is 0.141 e. The van der Waals surface area contributed by atoms with Gasteiger partial charge >= 0.3 is 0 Å². The summed E-state index contributed by atoms with van der Waals surface area (Å²) in [6, 6.07) is 7.41. The lowest BCUT2D eigenvalue weighted by molar-refractivity contribution is 0.422. The molecule has 1 atom stereocenters. The molecule has 1 heterocycles. The van der Waals surface area contributed by atoms with Crippen LogP contribution in [0.1, 0.15) is 44.6 Å². The monoisotopic (exact) mass is 294 g/mol. The maximum absolute atomic E-state index is 5.96. The van der Waals surface area contributed by atoms with Crippen LogP contribution < -0.4 is 10.0 Å². The molecule has 0 radical (unpaired) electrons. The summed E-state index contributed by atoms with van der Waals surface area (Å²) in [6.45, 7) is 2.25. The molecular formula is C15H22N2S2. The molecule has 1 aromatic rings. The molecule has 0 saturated heterocycles. The Morgan fingerprint density at radius 3 is 2.79 bits per heavy atom. The van der Waals surface area contributed by atoms with Gasteiger partial charge in [-0.15, -0.1) is 0 Å². The number of nitrogens with zero attached hydrogens (tertiary/aromatic N) is 1. The highest BCUT2D eigenvalue weighted by Crippen LogP contribution is 2.50. The van der Waals surface area contributed by atoms with E-state index >= 15 is 0 Å². The minimum Gasteiger partial charge on any atom is -0.345 e. The van der Waals surface area contributed by atoms with Crippen molar-refractivity contribution in [1.29, 1.82) is 0 Å². The summed E-state index contributed by atoms with van der Waals surface area (Å²) >= 11 is 3.43. The Bertz CT molecular complexity index is 444. The number of rotatable bonds is 3. The van der Waals surface area contributed by atoms with Gasteiger partial charge in [0.15, 0.2) is 0 Å². The van der Waals surface area contributed by atoms with E-state index in [1.807, 2.05) is 11.8 Å². The molecule has 0 spiro atoms. The number of aryl methyl sites for hydroxylation is 1. The van der Waals surface area contributed by atoms with Crippen molar-refractivity contribution in [2.75, 3.05) is 4.90 Å². The highest BCUT2D eigenvalue weighted by atomic mass is 32.2. The molecule has 1 unspecified atom stereocenters. The predicted molar refractivity (Wildman–Crippen MR) is 86.6 cm³/mol. The van der Waals surface area contributed by atoms with E-state index in [4.69, 9.17) is 5.14 Å². The average molecular weight is 294 g/mol. The van der Waals surface area contributed by atoms with E-state index < -0.39 is 0 Å². The third kappa shape index (κ3) is 2.50. The standard InChI is InChI=1S/C15H22N2S2/c1-2-11-7-6-10-13-14(11)17(15(18-13)19-16)12-8-4-3-5-9-12/h6-7,10,12,15H,2-5,8-9,16H2,1H3. The minimum atomic E-state index is 0.366. The molecule has 3 rings (SSSR count). The first-order chi connectivity index (χ1) is 9.35. The van der Waals surface area contributed by atoms with Crippen LogP contribution in [0.15, 0.2) is 23.1 Å². The zero-order valence-electron chi connectivity index (χ0n) is 11.5. The fourth-order valence-electron chi connectivity index (χ4n) is 3.32. The van der Waals surface area contributed by atoms with Crippen molar-refractivity contribution in [3.8, 4) is 0 Å². The highest BCUT2D eigenvalue weighted by Gasteiger charge is 2.36. The van der Waals surface area contributed by atoms with Crippen molar-refractivity contribution in [3.05, 3.63) is 23.8 Å². The van der Waals surface area contributed by atoms with Gasteiger partial charge in [0.1, 0.15) is 4.71 Å². The van der Waals surface area contributed by atoms with Crippen LogP contribution in [-0.4, -0.2) is 10.7 Å². The third-order valence-corrected chi connectivity index (χ3v) is 6.36. The van der Waals surface area contributed by atoms with E-state index in [9.17, 15) is 0 Å². The van der Waals surface area contributed by atoms with E-state index in [1.165, 1.54) is 60.2 Å². The molecule has 2 aliphatic rings. The van der Waals surface area contributed by atoms with Gasteiger partial charge < -0.3 is 4.90 Å². The fraction of sp³-hybridized carbons (Fsp3) is 0.600. The molecule has 0 bridgehead atoms. The summed E-state index contributed by atoms with van der Waals surface area (Å²) in [5.41, 5.74) is 2.96. The molecule has 104 valence electrons. The van der Waals surface area contributed by atoms with E-state index in [1.54, 1.807) is 0 Å². The molecule has 1 aromatic carbocycles. The van der Waals surface area contributed by atoms with Crippen molar-refractivity contribution in [2.45, 2.75) is 61.1 Å². The zero-order chi connectivity index (χ0) is 13.2. The number of para-hydroxylation sites is 1. The topological polar surface area (TPSA) is 29.3 Å². The molecule has 1 aliphatic carbocycles. The second kappa shape index (κ2) is 5.98. The van der Waals surface area contributed by atoms with Gasteiger partial charge in [-0.1, -0.05) is 50.1 Å². The van der Waals surface area contributed by atoms with Gasteiger partial charge in [0.2, 0.25) is 0 Å². The van der Waals surface area contributed by atoms with Crippen molar-refractivity contribution < 1.29 is 0 Å². The van der Waals surface area contributed by atoms with Gasteiger partial charge in [-0.25, -0.2) is 0 Å². The van der Waals surface area contributed by atoms with Gasteiger partial charge in [-0.2, -0.15) is 0 Å². The first-order valence-corrected chi connectivity index (χ1v) is 9.09. The quantitative estimate of drug-likeness (QED) is 0.838. The molecule has 1 saturated carbocycles. The summed E-state index contributed by atoms with van der Waals surface area (Å²) in [5, 5.41) is 5.96. The van der Waals surface area contributed by atoms with Crippen LogP contribution in [0.3, 0.4) is 0 Å². The SMILES string of the molecule is CCc1cccc2c1N(C1CCCCC1)C(SN)S2.